The highest BCUT2D eigenvalue weighted by Gasteiger charge is 2.26. The Morgan fingerprint density at radius 2 is 1.77 bits per heavy atom. The van der Waals surface area contributed by atoms with Gasteiger partial charge in [-0.3, -0.25) is 14.6 Å². The third kappa shape index (κ3) is 7.20. The summed E-state index contributed by atoms with van der Waals surface area (Å²) in [5, 5.41) is 3.64. The Morgan fingerprint density at radius 3 is 2.43 bits per heavy atom. The smallest absolute Gasteiger partial charge is 0.259 e. The lowest BCUT2D eigenvalue weighted by molar-refractivity contribution is -0.114. The van der Waals surface area contributed by atoms with E-state index in [1.807, 2.05) is 62.3 Å². The van der Waals surface area contributed by atoms with Crippen molar-refractivity contribution in [1.29, 1.82) is 0 Å². The molecule has 0 radical (unpaired) electrons. The molecule has 11 heteroatoms. The summed E-state index contributed by atoms with van der Waals surface area (Å²) in [5.41, 5.74) is 1.18. The van der Waals surface area contributed by atoms with Crippen molar-refractivity contribution >= 4 is 28.2 Å². The number of ketones is 1. The monoisotopic (exact) mass is 639 g/mol. The number of carbonyl (C=O) groups excluding carboxylic acids is 1. The summed E-state index contributed by atoms with van der Waals surface area (Å²) in [6.07, 6.45) is 8.35. The van der Waals surface area contributed by atoms with Gasteiger partial charge in [-0.1, -0.05) is 30.3 Å². The van der Waals surface area contributed by atoms with E-state index in [4.69, 9.17) is 9.47 Å². The minimum atomic E-state index is -1.04. The third-order valence-electron chi connectivity index (χ3n) is 7.67. The molecule has 3 aromatic heterocycles. The summed E-state index contributed by atoms with van der Waals surface area (Å²) in [4.78, 5) is 37.7. The summed E-state index contributed by atoms with van der Waals surface area (Å²) in [7, 11) is 6.33. The molecule has 0 saturated heterocycles. The Labute approximate surface area is 271 Å². The number of anilines is 2. The third-order valence-corrected chi connectivity index (χ3v) is 7.67. The lowest BCUT2D eigenvalue weighted by Gasteiger charge is -2.22. The van der Waals surface area contributed by atoms with Gasteiger partial charge >= 0.3 is 0 Å². The number of ether oxygens (including phenoxy) is 2. The maximum Gasteiger partial charge on any atom is 0.259 e. The summed E-state index contributed by atoms with van der Waals surface area (Å²) in [6.45, 7) is 2.46. The molecule has 0 aliphatic rings. The van der Waals surface area contributed by atoms with Gasteiger partial charge in [-0.15, -0.1) is 0 Å². The minimum Gasteiger partial charge on any atom is -0.494 e. The summed E-state index contributed by atoms with van der Waals surface area (Å²) in [6, 6.07) is 14.5. The number of hydrogen-bond acceptors (Lipinski definition) is 8. The van der Waals surface area contributed by atoms with Gasteiger partial charge < -0.3 is 24.3 Å². The number of rotatable bonds is 12. The number of aromatic nitrogens is 3. The number of nitrogens with one attached hydrogen (secondary N) is 1. The van der Waals surface area contributed by atoms with Crippen molar-refractivity contribution in [3.63, 3.8) is 0 Å². The number of likely N-dealkylation sites (N-methyl/N-ethyl adjacent to an activating group) is 1. The van der Waals surface area contributed by atoms with Gasteiger partial charge in [0.2, 0.25) is 0 Å². The highest BCUT2D eigenvalue weighted by molar-refractivity contribution is 5.91. The predicted molar refractivity (Wildman–Crippen MR) is 179 cm³/mol. The van der Waals surface area contributed by atoms with Gasteiger partial charge in [0, 0.05) is 42.9 Å². The van der Waals surface area contributed by atoms with Gasteiger partial charge in [0.1, 0.15) is 5.82 Å². The van der Waals surface area contributed by atoms with Crippen molar-refractivity contribution < 1.29 is 23.0 Å². The second-order valence-electron chi connectivity index (χ2n) is 11.2. The zero-order chi connectivity index (χ0) is 33.7. The molecule has 1 atom stereocenters. The summed E-state index contributed by atoms with van der Waals surface area (Å²) >= 11 is 0. The molecule has 0 amide bonds. The number of hydrogen-bond donors (Lipinski definition) is 1. The van der Waals surface area contributed by atoms with Gasteiger partial charge in [-0.05, 0) is 56.4 Å². The molecular weight excluding hydrogens is 604 g/mol. The van der Waals surface area contributed by atoms with Crippen LogP contribution < -0.4 is 20.3 Å². The largest absolute Gasteiger partial charge is 0.494 e. The highest BCUT2D eigenvalue weighted by atomic mass is 19.1. The SMILES string of the molecule is COc1cc(OC)c(F)c(-c2cc3cnc(Nc4cccnc4)cc3n(C(C)c3cccc(CC(=O)/C=C/CN(C)C)c3)c2=O)c1F. The van der Waals surface area contributed by atoms with Crippen LogP contribution in [0.2, 0.25) is 0 Å². The average Bonchev–Trinajstić information content (AvgIpc) is 3.05. The quantitative estimate of drug-likeness (QED) is 0.158. The number of methoxy groups -OCH3 is 2. The molecule has 0 fully saturated rings. The van der Waals surface area contributed by atoms with E-state index in [9.17, 15) is 9.59 Å². The fraction of sp³-hybridized carbons (Fsp3) is 0.222. The zero-order valence-corrected chi connectivity index (χ0v) is 26.8. The van der Waals surface area contributed by atoms with Crippen LogP contribution in [0.25, 0.3) is 22.0 Å². The average molecular weight is 640 g/mol. The van der Waals surface area contributed by atoms with Crippen LogP contribution in [-0.4, -0.2) is 60.1 Å². The number of halogens is 2. The van der Waals surface area contributed by atoms with Gasteiger partial charge in [-0.2, -0.15) is 0 Å². The maximum atomic E-state index is 15.7. The molecule has 0 bridgehead atoms. The number of fused-ring (bicyclic) bond motifs is 1. The second-order valence-corrected chi connectivity index (χ2v) is 11.2. The fourth-order valence-electron chi connectivity index (χ4n) is 5.34. The van der Waals surface area contributed by atoms with E-state index in [0.717, 1.165) is 17.2 Å². The van der Waals surface area contributed by atoms with E-state index in [1.165, 1.54) is 31.0 Å². The van der Waals surface area contributed by atoms with Crippen LogP contribution in [0.15, 0.2) is 90.1 Å². The van der Waals surface area contributed by atoms with Crippen LogP contribution in [0.1, 0.15) is 24.1 Å². The lowest BCUT2D eigenvalue weighted by atomic mass is 9.99. The second kappa shape index (κ2) is 14.3. The van der Waals surface area contributed by atoms with E-state index < -0.39 is 28.8 Å². The normalized spacial score (nSPS) is 12.1. The topological polar surface area (TPSA) is 98.6 Å². The first-order chi connectivity index (χ1) is 22.6. The first-order valence-electron chi connectivity index (χ1n) is 14.9. The molecule has 3 heterocycles. The van der Waals surface area contributed by atoms with Crippen molar-refractivity contribution in [2.45, 2.75) is 19.4 Å². The van der Waals surface area contributed by atoms with E-state index >= 15 is 8.78 Å². The maximum absolute atomic E-state index is 15.7. The predicted octanol–water partition coefficient (Wildman–Crippen LogP) is 6.34. The molecule has 2 aromatic carbocycles. The molecule has 0 aliphatic carbocycles. The Balaban J connectivity index is 1.68. The van der Waals surface area contributed by atoms with Gasteiger partial charge in [0.15, 0.2) is 28.9 Å². The highest BCUT2D eigenvalue weighted by Crippen LogP contribution is 2.38. The Hall–Kier alpha value is -5.42. The standard InChI is InChI=1S/C36H35F2N5O4/c1-22(24-10-6-9-23(15-24)16-27(44)12-8-14-42(2)3)43-29-18-32(41-26-11-7-13-39-21-26)40-20-25(29)17-28(36(43)45)33-34(37)30(46-4)19-31(47-5)35(33)38/h6-13,15,17-22H,14,16H2,1-5H3,(H,40,41)/b12-8+. The first-order valence-corrected chi connectivity index (χ1v) is 14.9. The van der Waals surface area contributed by atoms with Crippen LogP contribution in [0.5, 0.6) is 11.5 Å². The van der Waals surface area contributed by atoms with Crippen LogP contribution in [-0.2, 0) is 11.2 Å². The molecule has 47 heavy (non-hydrogen) atoms. The van der Waals surface area contributed by atoms with Crippen molar-refractivity contribution in [3.8, 4) is 22.6 Å². The van der Waals surface area contributed by atoms with Gasteiger partial charge in [0.25, 0.3) is 5.56 Å². The van der Waals surface area contributed by atoms with E-state index in [2.05, 4.69) is 15.3 Å². The van der Waals surface area contributed by atoms with Crippen LogP contribution >= 0.6 is 0 Å². The van der Waals surface area contributed by atoms with E-state index in [-0.39, 0.29) is 29.3 Å². The number of nitrogens with zero attached hydrogens (tertiary/aromatic N) is 4. The van der Waals surface area contributed by atoms with Crippen LogP contribution in [0.3, 0.4) is 0 Å². The molecule has 5 rings (SSSR count). The number of allylic oxidation sites excluding steroid dienone is 1. The lowest BCUT2D eigenvalue weighted by Crippen LogP contribution is -2.26. The Bertz CT molecular complexity index is 1980. The molecule has 242 valence electrons. The molecule has 0 aliphatic heterocycles. The molecule has 1 N–H and O–H groups in total. The van der Waals surface area contributed by atoms with Crippen molar-refractivity contribution in [2.75, 3.05) is 40.2 Å². The number of carbonyl (C=O) groups is 1. The van der Waals surface area contributed by atoms with Crippen molar-refractivity contribution in [1.82, 2.24) is 19.4 Å². The molecule has 1 unspecified atom stereocenters. The van der Waals surface area contributed by atoms with Crippen LogP contribution in [0, 0.1) is 11.6 Å². The van der Waals surface area contributed by atoms with Gasteiger partial charge in [-0.25, -0.2) is 13.8 Å². The minimum absolute atomic E-state index is 0.0589. The first kappa shape index (κ1) is 33.0. The summed E-state index contributed by atoms with van der Waals surface area (Å²) < 4.78 is 43.2. The van der Waals surface area contributed by atoms with E-state index in [0.29, 0.717) is 29.0 Å². The molecule has 0 spiro atoms. The number of benzene rings is 2. The van der Waals surface area contributed by atoms with Crippen LogP contribution in [0.4, 0.5) is 20.3 Å². The fourth-order valence-corrected chi connectivity index (χ4v) is 5.34. The molecule has 5 aromatic rings. The van der Waals surface area contributed by atoms with Gasteiger partial charge in [0.05, 0.1) is 48.8 Å². The Morgan fingerprint density at radius 1 is 1.02 bits per heavy atom. The summed E-state index contributed by atoms with van der Waals surface area (Å²) in [5.74, 6) is -2.24. The van der Waals surface area contributed by atoms with E-state index in [1.54, 1.807) is 30.6 Å². The molecule has 9 nitrogen and oxygen atoms in total. The molecular formula is C36H35F2N5O4. The zero-order valence-electron chi connectivity index (χ0n) is 26.8. The number of pyridine rings is 3. The Kier molecular flexibility index (Phi) is 10.1. The van der Waals surface area contributed by atoms with Crippen molar-refractivity contribution in [2.24, 2.45) is 0 Å². The van der Waals surface area contributed by atoms with Crippen molar-refractivity contribution in [3.05, 3.63) is 118 Å². The molecule has 0 saturated carbocycles.